The van der Waals surface area contributed by atoms with Crippen LogP contribution in [-0.4, -0.2) is 16.1 Å². The van der Waals surface area contributed by atoms with E-state index < -0.39 is 0 Å². The summed E-state index contributed by atoms with van der Waals surface area (Å²) in [5.41, 5.74) is 1.22. The van der Waals surface area contributed by atoms with Gasteiger partial charge in [0, 0.05) is 18.9 Å². The number of nitrogens with zero attached hydrogens (tertiary/aromatic N) is 2. The minimum atomic E-state index is 0.101. The highest BCUT2D eigenvalue weighted by Gasteiger charge is 2.15. The van der Waals surface area contributed by atoms with Crippen molar-refractivity contribution in [3.05, 3.63) is 78.8 Å². The first-order valence-electron chi connectivity index (χ1n) is 7.21. The number of rotatable bonds is 7. The Balaban J connectivity index is 1.61. The van der Waals surface area contributed by atoms with E-state index >= 15 is 0 Å². The molecular weight excluding hydrogens is 262 g/mol. The number of aromatic nitrogens is 2. The third-order valence-electron chi connectivity index (χ3n) is 3.46. The molecule has 21 heavy (non-hydrogen) atoms. The third-order valence-corrected chi connectivity index (χ3v) is 3.46. The summed E-state index contributed by atoms with van der Waals surface area (Å²) in [5.74, 6) is 0.948. The Hall–Kier alpha value is -2.33. The molecule has 2 aromatic heterocycles. The van der Waals surface area contributed by atoms with E-state index in [1.54, 1.807) is 6.26 Å². The molecule has 2 heterocycles. The van der Waals surface area contributed by atoms with Crippen LogP contribution in [0.3, 0.4) is 0 Å². The van der Waals surface area contributed by atoms with Crippen molar-refractivity contribution in [3.8, 4) is 0 Å². The molecular formula is C17H19N3O. The molecule has 1 N–H and O–H groups in total. The van der Waals surface area contributed by atoms with Gasteiger partial charge in [0.1, 0.15) is 5.76 Å². The van der Waals surface area contributed by atoms with Crippen LogP contribution in [0.1, 0.15) is 23.8 Å². The fourth-order valence-electron chi connectivity index (χ4n) is 2.41. The summed E-state index contributed by atoms with van der Waals surface area (Å²) in [7, 11) is 0. The lowest BCUT2D eigenvalue weighted by Crippen LogP contribution is -2.24. The van der Waals surface area contributed by atoms with E-state index in [9.17, 15) is 0 Å². The van der Waals surface area contributed by atoms with Crippen molar-refractivity contribution in [3.63, 3.8) is 0 Å². The molecule has 0 aliphatic carbocycles. The molecule has 108 valence electrons. The van der Waals surface area contributed by atoms with Gasteiger partial charge in [0.2, 0.25) is 0 Å². The van der Waals surface area contributed by atoms with Crippen LogP contribution >= 0.6 is 0 Å². The van der Waals surface area contributed by atoms with E-state index in [1.165, 1.54) is 5.56 Å². The van der Waals surface area contributed by atoms with Crippen molar-refractivity contribution >= 4 is 0 Å². The van der Waals surface area contributed by atoms with Gasteiger partial charge in [-0.1, -0.05) is 30.3 Å². The quantitative estimate of drug-likeness (QED) is 0.676. The predicted octanol–water partition coefficient (Wildman–Crippen LogP) is 3.25. The highest BCUT2D eigenvalue weighted by atomic mass is 16.3. The molecule has 0 aliphatic heterocycles. The van der Waals surface area contributed by atoms with E-state index in [1.807, 2.05) is 36.9 Å². The number of furan rings is 1. The topological polar surface area (TPSA) is 43.0 Å². The van der Waals surface area contributed by atoms with Crippen molar-refractivity contribution in [2.45, 2.75) is 19.0 Å². The van der Waals surface area contributed by atoms with Gasteiger partial charge in [0.15, 0.2) is 0 Å². The lowest BCUT2D eigenvalue weighted by atomic mass is 10.0. The van der Waals surface area contributed by atoms with Crippen LogP contribution in [0, 0.1) is 0 Å². The van der Waals surface area contributed by atoms with Gasteiger partial charge in [0.05, 0.1) is 18.6 Å². The molecule has 3 aromatic rings. The molecule has 0 amide bonds. The van der Waals surface area contributed by atoms with Gasteiger partial charge in [-0.05, 0) is 30.7 Å². The van der Waals surface area contributed by atoms with Gasteiger partial charge in [-0.15, -0.1) is 0 Å². The first kappa shape index (κ1) is 13.6. The van der Waals surface area contributed by atoms with Crippen LogP contribution < -0.4 is 5.32 Å². The molecule has 1 atom stereocenters. The van der Waals surface area contributed by atoms with Crippen LogP contribution in [0.5, 0.6) is 0 Å². The summed E-state index contributed by atoms with van der Waals surface area (Å²) < 4.78 is 7.66. The van der Waals surface area contributed by atoms with Gasteiger partial charge >= 0.3 is 0 Å². The number of hydrogen-bond donors (Lipinski definition) is 1. The van der Waals surface area contributed by atoms with E-state index in [0.29, 0.717) is 0 Å². The maximum atomic E-state index is 5.58. The third kappa shape index (κ3) is 3.61. The summed E-state index contributed by atoms with van der Waals surface area (Å²) in [6.45, 7) is 1.88. The molecule has 4 nitrogen and oxygen atoms in total. The summed E-state index contributed by atoms with van der Waals surface area (Å²) in [6.07, 6.45) is 8.41. The standard InChI is InChI=1S/C17H19N3O/c1-2-6-15(7-3-1)17(16-8-4-13-21-16)19-9-5-11-20-12-10-18-14-20/h1-4,6-8,10,12-14,17,19H,5,9,11H2. The van der Waals surface area contributed by atoms with Crippen LogP contribution in [0.2, 0.25) is 0 Å². The largest absolute Gasteiger partial charge is 0.467 e. The van der Waals surface area contributed by atoms with E-state index in [2.05, 4.69) is 39.1 Å². The number of imidazole rings is 1. The first-order valence-corrected chi connectivity index (χ1v) is 7.21. The van der Waals surface area contributed by atoms with Gasteiger partial charge in [-0.2, -0.15) is 0 Å². The van der Waals surface area contributed by atoms with Crippen molar-refractivity contribution in [1.82, 2.24) is 14.9 Å². The second-order valence-electron chi connectivity index (χ2n) is 4.97. The Morgan fingerprint density at radius 1 is 1.14 bits per heavy atom. The smallest absolute Gasteiger partial charge is 0.125 e. The van der Waals surface area contributed by atoms with E-state index in [-0.39, 0.29) is 6.04 Å². The Bertz CT molecular complexity index is 617. The Morgan fingerprint density at radius 2 is 2.05 bits per heavy atom. The van der Waals surface area contributed by atoms with Crippen molar-refractivity contribution in [2.75, 3.05) is 6.54 Å². The SMILES string of the molecule is c1ccc(C(NCCCn2ccnc2)c2ccco2)cc1. The average molecular weight is 281 g/mol. The number of hydrogen-bond acceptors (Lipinski definition) is 3. The van der Waals surface area contributed by atoms with Crippen LogP contribution in [0.15, 0.2) is 71.9 Å². The number of aryl methyl sites for hydroxylation is 1. The zero-order valence-electron chi connectivity index (χ0n) is 11.9. The van der Waals surface area contributed by atoms with Gasteiger partial charge < -0.3 is 14.3 Å². The normalized spacial score (nSPS) is 12.4. The molecule has 0 radical (unpaired) electrons. The maximum absolute atomic E-state index is 5.58. The minimum Gasteiger partial charge on any atom is -0.467 e. The molecule has 0 saturated heterocycles. The zero-order valence-corrected chi connectivity index (χ0v) is 11.9. The second-order valence-corrected chi connectivity index (χ2v) is 4.97. The Labute approximate surface area is 124 Å². The van der Waals surface area contributed by atoms with E-state index in [0.717, 1.165) is 25.3 Å². The molecule has 4 heteroatoms. The summed E-state index contributed by atoms with van der Waals surface area (Å²) in [4.78, 5) is 4.05. The van der Waals surface area contributed by atoms with E-state index in [4.69, 9.17) is 4.42 Å². The summed E-state index contributed by atoms with van der Waals surface area (Å²) >= 11 is 0. The molecule has 0 aliphatic rings. The minimum absolute atomic E-state index is 0.101. The summed E-state index contributed by atoms with van der Waals surface area (Å²) in [5, 5.41) is 3.57. The van der Waals surface area contributed by atoms with Crippen LogP contribution in [0.25, 0.3) is 0 Å². The highest BCUT2D eigenvalue weighted by molar-refractivity contribution is 5.26. The fourth-order valence-corrected chi connectivity index (χ4v) is 2.41. The van der Waals surface area contributed by atoms with Crippen LogP contribution in [-0.2, 0) is 6.54 Å². The molecule has 0 fully saturated rings. The first-order chi connectivity index (χ1) is 10.4. The molecule has 3 rings (SSSR count). The summed E-state index contributed by atoms with van der Waals surface area (Å²) in [6, 6.07) is 14.4. The predicted molar refractivity (Wildman–Crippen MR) is 81.8 cm³/mol. The van der Waals surface area contributed by atoms with Gasteiger partial charge in [-0.25, -0.2) is 4.98 Å². The van der Waals surface area contributed by atoms with Crippen molar-refractivity contribution in [2.24, 2.45) is 0 Å². The zero-order chi connectivity index (χ0) is 14.3. The highest BCUT2D eigenvalue weighted by Crippen LogP contribution is 2.22. The van der Waals surface area contributed by atoms with Crippen LogP contribution in [0.4, 0.5) is 0 Å². The molecule has 0 spiro atoms. The van der Waals surface area contributed by atoms with Gasteiger partial charge in [-0.3, -0.25) is 0 Å². The molecule has 0 saturated carbocycles. The lowest BCUT2D eigenvalue weighted by Gasteiger charge is -2.17. The fraction of sp³-hybridized carbons (Fsp3) is 0.235. The Morgan fingerprint density at radius 3 is 2.76 bits per heavy atom. The monoisotopic (exact) mass is 281 g/mol. The molecule has 0 bridgehead atoms. The molecule has 1 unspecified atom stereocenters. The Kier molecular flexibility index (Phi) is 4.49. The maximum Gasteiger partial charge on any atom is 0.125 e. The van der Waals surface area contributed by atoms with Crippen molar-refractivity contribution < 1.29 is 4.42 Å². The number of benzene rings is 1. The molecule has 1 aromatic carbocycles. The van der Waals surface area contributed by atoms with Crippen molar-refractivity contribution in [1.29, 1.82) is 0 Å². The number of nitrogens with one attached hydrogen (secondary N) is 1. The van der Waals surface area contributed by atoms with Gasteiger partial charge in [0.25, 0.3) is 0 Å². The lowest BCUT2D eigenvalue weighted by molar-refractivity contribution is 0.439. The second kappa shape index (κ2) is 6.90. The average Bonchev–Trinajstić information content (AvgIpc) is 3.21.